The Morgan fingerprint density at radius 1 is 1.21 bits per heavy atom. The van der Waals surface area contributed by atoms with Gasteiger partial charge in [0.25, 0.3) is 0 Å². The van der Waals surface area contributed by atoms with Crippen LogP contribution in [0.2, 0.25) is 0 Å². The van der Waals surface area contributed by atoms with Crippen LogP contribution in [0.1, 0.15) is 25.7 Å². The van der Waals surface area contributed by atoms with Crippen LogP contribution in [0.5, 0.6) is 11.8 Å². The van der Waals surface area contributed by atoms with E-state index in [4.69, 9.17) is 21.1 Å². The lowest BCUT2D eigenvalue weighted by atomic mass is 9.86. The second kappa shape index (κ2) is 6.80. The molecule has 2 unspecified atom stereocenters. The van der Waals surface area contributed by atoms with Crippen molar-refractivity contribution in [2.24, 2.45) is 5.92 Å². The lowest BCUT2D eigenvalue weighted by Crippen LogP contribution is -2.33. The van der Waals surface area contributed by atoms with Gasteiger partial charge in [0.2, 0.25) is 17.7 Å². The van der Waals surface area contributed by atoms with Crippen molar-refractivity contribution in [1.29, 1.82) is 0 Å². The molecule has 1 fully saturated rings. The molecule has 1 heterocycles. The van der Waals surface area contributed by atoms with E-state index in [1.165, 1.54) is 12.8 Å². The number of methoxy groups -OCH3 is 2. The van der Waals surface area contributed by atoms with E-state index in [1.807, 2.05) is 0 Å². The van der Waals surface area contributed by atoms with Crippen molar-refractivity contribution in [2.75, 3.05) is 25.4 Å². The molecule has 1 N–H and O–H groups in total. The highest BCUT2D eigenvalue weighted by Crippen LogP contribution is 2.28. The second-order valence-electron chi connectivity index (χ2n) is 4.73. The molecule has 6 heteroatoms. The Kier molecular flexibility index (Phi) is 5.07. The summed E-state index contributed by atoms with van der Waals surface area (Å²) in [4.78, 5) is 8.59. The van der Waals surface area contributed by atoms with Crippen LogP contribution in [0.15, 0.2) is 6.07 Å². The van der Waals surface area contributed by atoms with Crippen LogP contribution in [-0.4, -0.2) is 36.1 Å². The van der Waals surface area contributed by atoms with E-state index in [0.717, 1.165) is 12.8 Å². The van der Waals surface area contributed by atoms with E-state index in [2.05, 4.69) is 15.3 Å². The summed E-state index contributed by atoms with van der Waals surface area (Å²) in [6.07, 6.45) is 4.71. The van der Waals surface area contributed by atoms with E-state index in [9.17, 15) is 0 Å². The van der Waals surface area contributed by atoms with Crippen molar-refractivity contribution in [3.8, 4) is 11.8 Å². The average molecular weight is 286 g/mol. The highest BCUT2D eigenvalue weighted by molar-refractivity contribution is 6.18. The van der Waals surface area contributed by atoms with E-state index < -0.39 is 0 Å². The minimum absolute atomic E-state index is 0.322. The first-order chi connectivity index (χ1) is 9.26. The molecular formula is C13H20ClN3O2. The van der Waals surface area contributed by atoms with Crippen molar-refractivity contribution in [1.82, 2.24) is 9.97 Å². The molecule has 1 saturated carbocycles. The number of halogens is 1. The molecule has 1 aromatic heterocycles. The van der Waals surface area contributed by atoms with Crippen LogP contribution in [0.25, 0.3) is 0 Å². The Balaban J connectivity index is 2.12. The van der Waals surface area contributed by atoms with Gasteiger partial charge in [-0.25, -0.2) is 0 Å². The molecule has 0 aliphatic heterocycles. The van der Waals surface area contributed by atoms with Gasteiger partial charge in [0.05, 0.1) is 20.3 Å². The Morgan fingerprint density at radius 2 is 1.84 bits per heavy atom. The first-order valence-corrected chi connectivity index (χ1v) is 7.10. The third kappa shape index (κ3) is 3.62. The molecule has 0 saturated heterocycles. The quantitative estimate of drug-likeness (QED) is 0.843. The number of hydrogen-bond acceptors (Lipinski definition) is 5. The van der Waals surface area contributed by atoms with Gasteiger partial charge in [-0.1, -0.05) is 12.8 Å². The van der Waals surface area contributed by atoms with Crippen molar-refractivity contribution < 1.29 is 9.47 Å². The number of aromatic nitrogens is 2. The molecule has 2 atom stereocenters. The lowest BCUT2D eigenvalue weighted by molar-refractivity contribution is 0.348. The number of rotatable bonds is 5. The van der Waals surface area contributed by atoms with Crippen molar-refractivity contribution in [3.63, 3.8) is 0 Å². The standard InChI is InChI=1S/C13H20ClN3O2/c1-18-11-7-12(19-2)17-13(16-11)15-10-6-4-3-5-9(10)8-14/h7,9-10H,3-6,8H2,1-2H3,(H,15,16,17). The topological polar surface area (TPSA) is 56.3 Å². The van der Waals surface area contributed by atoms with Gasteiger partial charge in [-0.05, 0) is 18.8 Å². The van der Waals surface area contributed by atoms with Gasteiger partial charge in [0, 0.05) is 11.9 Å². The monoisotopic (exact) mass is 285 g/mol. The Hall–Kier alpha value is -1.23. The number of ether oxygens (including phenoxy) is 2. The summed E-state index contributed by atoms with van der Waals surface area (Å²) in [7, 11) is 3.15. The highest BCUT2D eigenvalue weighted by Gasteiger charge is 2.25. The molecule has 0 amide bonds. The van der Waals surface area contributed by atoms with Gasteiger partial charge in [0.15, 0.2) is 0 Å². The van der Waals surface area contributed by atoms with E-state index in [1.54, 1.807) is 20.3 Å². The molecule has 0 aromatic carbocycles. The number of hydrogen-bond donors (Lipinski definition) is 1. The molecule has 1 aliphatic carbocycles. The van der Waals surface area contributed by atoms with Crippen molar-refractivity contribution >= 4 is 17.5 Å². The maximum absolute atomic E-state index is 6.03. The summed E-state index contributed by atoms with van der Waals surface area (Å²) < 4.78 is 10.3. The third-order valence-electron chi connectivity index (χ3n) is 3.52. The number of nitrogens with zero attached hydrogens (tertiary/aromatic N) is 2. The minimum atomic E-state index is 0.322. The molecule has 0 spiro atoms. The Bertz CT molecular complexity index is 395. The second-order valence-corrected chi connectivity index (χ2v) is 5.03. The van der Waals surface area contributed by atoms with Crippen molar-refractivity contribution in [2.45, 2.75) is 31.7 Å². The molecule has 1 aromatic rings. The van der Waals surface area contributed by atoms with Gasteiger partial charge >= 0.3 is 0 Å². The van der Waals surface area contributed by atoms with Crippen LogP contribution in [0.4, 0.5) is 5.95 Å². The van der Waals surface area contributed by atoms with Gasteiger partial charge in [-0.15, -0.1) is 11.6 Å². The van der Waals surface area contributed by atoms with Gasteiger partial charge in [-0.3, -0.25) is 0 Å². The van der Waals surface area contributed by atoms with E-state index in [-0.39, 0.29) is 0 Å². The molecular weight excluding hydrogens is 266 g/mol. The maximum atomic E-state index is 6.03. The lowest BCUT2D eigenvalue weighted by Gasteiger charge is -2.30. The smallest absolute Gasteiger partial charge is 0.229 e. The zero-order valence-corrected chi connectivity index (χ0v) is 12.1. The van der Waals surface area contributed by atoms with Gasteiger partial charge < -0.3 is 14.8 Å². The van der Waals surface area contributed by atoms with Gasteiger partial charge in [-0.2, -0.15) is 9.97 Å². The zero-order valence-electron chi connectivity index (χ0n) is 11.4. The fraction of sp³-hybridized carbons (Fsp3) is 0.692. The predicted octanol–water partition coefficient (Wildman–Crippen LogP) is 2.70. The summed E-state index contributed by atoms with van der Waals surface area (Å²) in [6, 6.07) is 1.98. The molecule has 0 radical (unpaired) electrons. The molecule has 2 rings (SSSR count). The summed E-state index contributed by atoms with van der Waals surface area (Å²) in [5.41, 5.74) is 0. The molecule has 19 heavy (non-hydrogen) atoms. The number of alkyl halides is 1. The van der Waals surface area contributed by atoms with Gasteiger partial charge in [0.1, 0.15) is 0 Å². The summed E-state index contributed by atoms with van der Waals surface area (Å²) in [6.45, 7) is 0. The fourth-order valence-electron chi connectivity index (χ4n) is 2.43. The van der Waals surface area contributed by atoms with Crippen LogP contribution in [-0.2, 0) is 0 Å². The van der Waals surface area contributed by atoms with Crippen LogP contribution < -0.4 is 14.8 Å². The summed E-state index contributed by atoms with van der Waals surface area (Å²) in [5.74, 6) is 2.66. The van der Waals surface area contributed by atoms with Crippen molar-refractivity contribution in [3.05, 3.63) is 6.07 Å². The fourth-order valence-corrected chi connectivity index (χ4v) is 2.80. The molecule has 106 valence electrons. The zero-order chi connectivity index (χ0) is 13.7. The number of anilines is 1. The molecule has 1 aliphatic rings. The molecule has 5 nitrogen and oxygen atoms in total. The van der Waals surface area contributed by atoms with E-state index >= 15 is 0 Å². The largest absolute Gasteiger partial charge is 0.481 e. The average Bonchev–Trinajstić information content (AvgIpc) is 2.47. The number of nitrogens with one attached hydrogen (secondary N) is 1. The van der Waals surface area contributed by atoms with Crippen LogP contribution in [0.3, 0.4) is 0 Å². The SMILES string of the molecule is COc1cc(OC)nc(NC2CCCCC2CCl)n1. The Morgan fingerprint density at radius 3 is 2.42 bits per heavy atom. The summed E-state index contributed by atoms with van der Waals surface area (Å²) >= 11 is 6.03. The first-order valence-electron chi connectivity index (χ1n) is 6.56. The predicted molar refractivity (Wildman–Crippen MR) is 75.2 cm³/mol. The Labute approximate surface area is 118 Å². The van der Waals surface area contributed by atoms with Crippen LogP contribution in [0, 0.1) is 5.92 Å². The summed E-state index contributed by atoms with van der Waals surface area (Å²) in [5, 5.41) is 3.36. The van der Waals surface area contributed by atoms with E-state index in [0.29, 0.717) is 35.5 Å². The van der Waals surface area contributed by atoms with Crippen LogP contribution >= 0.6 is 11.6 Å². The first kappa shape index (κ1) is 14.2. The maximum Gasteiger partial charge on any atom is 0.229 e. The minimum Gasteiger partial charge on any atom is -0.481 e. The molecule has 0 bridgehead atoms. The highest BCUT2D eigenvalue weighted by atomic mass is 35.5. The third-order valence-corrected chi connectivity index (χ3v) is 3.92. The normalized spacial score (nSPS) is 22.9.